The van der Waals surface area contributed by atoms with Gasteiger partial charge in [-0.2, -0.15) is 0 Å². The van der Waals surface area contributed by atoms with Crippen LogP contribution in [0, 0.1) is 19.8 Å². The van der Waals surface area contributed by atoms with Gasteiger partial charge in [0.15, 0.2) is 0 Å². The summed E-state index contributed by atoms with van der Waals surface area (Å²) in [6.45, 7) is 9.62. The highest BCUT2D eigenvalue weighted by molar-refractivity contribution is 6.42. The number of likely N-dealkylation sites (tertiary alicyclic amines) is 1. The summed E-state index contributed by atoms with van der Waals surface area (Å²) in [5.41, 5.74) is 5.78. The Bertz CT molecular complexity index is 1040. The SMILES string of the molecule is CCC(c1cccnc1C)C1CCN(Cc2nc(-c3ccc(Cl)c(Cl)c3)[nH]c2C)CC1. The van der Waals surface area contributed by atoms with Gasteiger partial charge in [-0.3, -0.25) is 9.88 Å². The second kappa shape index (κ2) is 9.72. The van der Waals surface area contributed by atoms with E-state index in [9.17, 15) is 0 Å². The van der Waals surface area contributed by atoms with Crippen LogP contribution >= 0.6 is 23.2 Å². The number of pyridine rings is 1. The van der Waals surface area contributed by atoms with Crippen LogP contribution < -0.4 is 0 Å². The fraction of sp³-hybridized carbons (Fsp3) is 0.440. The highest BCUT2D eigenvalue weighted by Gasteiger charge is 2.28. The van der Waals surface area contributed by atoms with E-state index in [1.807, 2.05) is 24.4 Å². The molecule has 3 aromatic rings. The number of nitrogens with zero attached hydrogens (tertiary/aromatic N) is 3. The first-order chi connectivity index (χ1) is 15.0. The van der Waals surface area contributed by atoms with E-state index in [0.29, 0.717) is 16.0 Å². The smallest absolute Gasteiger partial charge is 0.137 e. The summed E-state index contributed by atoms with van der Waals surface area (Å²) >= 11 is 12.2. The number of hydrogen-bond donors (Lipinski definition) is 1. The Hall–Kier alpha value is -1.88. The second-order valence-electron chi connectivity index (χ2n) is 8.59. The van der Waals surface area contributed by atoms with E-state index in [1.54, 1.807) is 0 Å². The minimum Gasteiger partial charge on any atom is -0.342 e. The highest BCUT2D eigenvalue weighted by Crippen LogP contribution is 2.36. The predicted octanol–water partition coefficient (Wildman–Crippen LogP) is 6.80. The molecule has 1 fully saturated rings. The van der Waals surface area contributed by atoms with Crippen LogP contribution in [-0.2, 0) is 6.54 Å². The number of benzene rings is 1. The fourth-order valence-electron chi connectivity index (χ4n) is 4.85. The predicted molar refractivity (Wildman–Crippen MR) is 129 cm³/mol. The molecule has 4 rings (SSSR count). The number of hydrogen-bond acceptors (Lipinski definition) is 3. The Morgan fingerprint density at radius 2 is 1.90 bits per heavy atom. The summed E-state index contributed by atoms with van der Waals surface area (Å²) in [6, 6.07) is 9.97. The summed E-state index contributed by atoms with van der Waals surface area (Å²) in [4.78, 5) is 15.3. The molecule has 0 amide bonds. The first-order valence-electron chi connectivity index (χ1n) is 11.1. The molecule has 1 saturated heterocycles. The van der Waals surface area contributed by atoms with Crippen molar-refractivity contribution in [1.82, 2.24) is 19.9 Å². The van der Waals surface area contributed by atoms with Crippen molar-refractivity contribution >= 4 is 23.2 Å². The Morgan fingerprint density at radius 1 is 1.13 bits per heavy atom. The maximum Gasteiger partial charge on any atom is 0.137 e. The quantitative estimate of drug-likeness (QED) is 0.443. The van der Waals surface area contributed by atoms with Crippen molar-refractivity contribution in [3.05, 3.63) is 69.2 Å². The molecular formula is C25H30Cl2N4. The summed E-state index contributed by atoms with van der Waals surface area (Å²) in [7, 11) is 0. The van der Waals surface area contributed by atoms with E-state index in [1.165, 1.54) is 30.5 Å². The third-order valence-corrected chi connectivity index (χ3v) is 7.38. The number of imidazole rings is 1. The molecule has 0 aliphatic carbocycles. The van der Waals surface area contributed by atoms with Crippen LogP contribution in [0.1, 0.15) is 54.7 Å². The Kier molecular flexibility index (Phi) is 7.00. The van der Waals surface area contributed by atoms with Crippen LogP contribution in [0.5, 0.6) is 0 Å². The van der Waals surface area contributed by atoms with E-state index < -0.39 is 0 Å². The molecule has 0 radical (unpaired) electrons. The highest BCUT2D eigenvalue weighted by atomic mass is 35.5. The molecule has 164 valence electrons. The van der Waals surface area contributed by atoms with Crippen LogP contribution in [0.25, 0.3) is 11.4 Å². The molecule has 1 N–H and O–H groups in total. The van der Waals surface area contributed by atoms with Gasteiger partial charge in [-0.1, -0.05) is 36.2 Å². The zero-order valence-electron chi connectivity index (χ0n) is 18.5. The van der Waals surface area contributed by atoms with Gasteiger partial charge >= 0.3 is 0 Å². The summed E-state index contributed by atoms with van der Waals surface area (Å²) in [5, 5.41) is 1.11. The largest absolute Gasteiger partial charge is 0.342 e. The van der Waals surface area contributed by atoms with E-state index >= 15 is 0 Å². The van der Waals surface area contributed by atoms with Crippen molar-refractivity contribution in [2.24, 2.45) is 5.92 Å². The van der Waals surface area contributed by atoms with Gasteiger partial charge in [0.25, 0.3) is 0 Å². The lowest BCUT2D eigenvalue weighted by Gasteiger charge is -2.36. The molecule has 0 bridgehead atoms. The maximum absolute atomic E-state index is 6.19. The number of aromatic amines is 1. The topological polar surface area (TPSA) is 44.8 Å². The molecule has 0 spiro atoms. The van der Waals surface area contributed by atoms with Gasteiger partial charge in [-0.05, 0) is 87.9 Å². The summed E-state index contributed by atoms with van der Waals surface area (Å²) < 4.78 is 0. The Balaban J connectivity index is 1.40. The lowest BCUT2D eigenvalue weighted by Crippen LogP contribution is -2.35. The van der Waals surface area contributed by atoms with Gasteiger partial charge in [0, 0.05) is 29.7 Å². The number of piperidine rings is 1. The van der Waals surface area contributed by atoms with Gasteiger partial charge < -0.3 is 4.98 Å². The molecule has 1 aliphatic heterocycles. The van der Waals surface area contributed by atoms with Crippen molar-refractivity contribution in [2.45, 2.75) is 52.5 Å². The zero-order chi connectivity index (χ0) is 22.0. The van der Waals surface area contributed by atoms with Gasteiger partial charge in [0.2, 0.25) is 0 Å². The number of H-pyrrole nitrogens is 1. The number of rotatable bonds is 6. The van der Waals surface area contributed by atoms with Crippen LogP contribution in [0.2, 0.25) is 10.0 Å². The Morgan fingerprint density at radius 3 is 2.58 bits per heavy atom. The van der Waals surface area contributed by atoms with E-state index in [4.69, 9.17) is 28.2 Å². The van der Waals surface area contributed by atoms with Gasteiger partial charge in [-0.25, -0.2) is 4.98 Å². The van der Waals surface area contributed by atoms with Crippen molar-refractivity contribution in [2.75, 3.05) is 13.1 Å². The lowest BCUT2D eigenvalue weighted by molar-refractivity contribution is 0.158. The molecule has 31 heavy (non-hydrogen) atoms. The first-order valence-corrected chi connectivity index (χ1v) is 11.9. The van der Waals surface area contributed by atoms with Crippen molar-refractivity contribution in [3.8, 4) is 11.4 Å². The fourth-order valence-corrected chi connectivity index (χ4v) is 5.15. The normalized spacial score (nSPS) is 16.5. The van der Waals surface area contributed by atoms with Crippen molar-refractivity contribution in [3.63, 3.8) is 0 Å². The molecule has 2 aromatic heterocycles. The number of nitrogens with one attached hydrogen (secondary N) is 1. The van der Waals surface area contributed by atoms with Gasteiger partial charge in [-0.15, -0.1) is 0 Å². The minimum absolute atomic E-state index is 0.547. The number of halogens is 2. The van der Waals surface area contributed by atoms with Crippen LogP contribution in [0.3, 0.4) is 0 Å². The lowest BCUT2D eigenvalue weighted by atomic mass is 9.78. The monoisotopic (exact) mass is 456 g/mol. The number of aryl methyl sites for hydroxylation is 2. The van der Waals surface area contributed by atoms with E-state index in [2.05, 4.69) is 47.8 Å². The molecule has 1 atom stereocenters. The molecule has 1 unspecified atom stereocenters. The third-order valence-electron chi connectivity index (χ3n) is 6.64. The first kappa shape index (κ1) is 22.3. The molecule has 1 aromatic carbocycles. The van der Waals surface area contributed by atoms with Crippen molar-refractivity contribution < 1.29 is 0 Å². The third kappa shape index (κ3) is 4.97. The van der Waals surface area contributed by atoms with Gasteiger partial charge in [0.05, 0.1) is 15.7 Å². The van der Waals surface area contributed by atoms with Crippen LogP contribution in [0.15, 0.2) is 36.5 Å². The van der Waals surface area contributed by atoms with Crippen LogP contribution in [0.4, 0.5) is 0 Å². The van der Waals surface area contributed by atoms with Gasteiger partial charge in [0.1, 0.15) is 5.82 Å². The zero-order valence-corrected chi connectivity index (χ0v) is 20.0. The molecule has 0 saturated carbocycles. The average molecular weight is 457 g/mol. The molecular weight excluding hydrogens is 427 g/mol. The van der Waals surface area contributed by atoms with Crippen molar-refractivity contribution in [1.29, 1.82) is 0 Å². The van der Waals surface area contributed by atoms with E-state index in [0.717, 1.165) is 48.3 Å². The van der Waals surface area contributed by atoms with E-state index in [-0.39, 0.29) is 0 Å². The Labute approximate surface area is 195 Å². The maximum atomic E-state index is 6.19. The summed E-state index contributed by atoms with van der Waals surface area (Å²) in [5.74, 6) is 2.17. The molecule has 4 nitrogen and oxygen atoms in total. The molecule has 3 heterocycles. The average Bonchev–Trinajstić information content (AvgIpc) is 3.13. The second-order valence-corrected chi connectivity index (χ2v) is 9.41. The molecule has 1 aliphatic rings. The molecule has 6 heteroatoms. The standard InChI is InChI=1S/C25H30Cl2N4/c1-4-20(21-6-5-11-28-16(21)2)18-9-12-31(13-10-18)15-24-17(3)29-25(30-24)19-7-8-22(26)23(27)14-19/h5-8,11,14,18,20H,4,9-10,12-13,15H2,1-3H3,(H,29,30). The van der Waals surface area contributed by atoms with Crippen LogP contribution in [-0.4, -0.2) is 32.9 Å². The number of aromatic nitrogens is 3. The summed E-state index contributed by atoms with van der Waals surface area (Å²) in [6.07, 6.45) is 5.50. The minimum atomic E-state index is 0.547.